The zero-order chi connectivity index (χ0) is 15.3. The van der Waals surface area contributed by atoms with Crippen molar-refractivity contribution in [2.45, 2.75) is 26.4 Å². The van der Waals surface area contributed by atoms with Crippen molar-refractivity contribution >= 4 is 17.4 Å². The number of carbonyl (C=O) groups excluding carboxylic acids is 2. The van der Waals surface area contributed by atoms with E-state index >= 15 is 0 Å². The van der Waals surface area contributed by atoms with E-state index in [0.717, 1.165) is 6.07 Å². The van der Waals surface area contributed by atoms with Crippen molar-refractivity contribution < 1.29 is 24.0 Å². The van der Waals surface area contributed by atoms with E-state index in [1.807, 2.05) is 0 Å². The molecule has 1 aromatic carbocycles. The van der Waals surface area contributed by atoms with E-state index in [0.29, 0.717) is 0 Å². The van der Waals surface area contributed by atoms with E-state index in [2.05, 4.69) is 4.74 Å². The molecular formula is C13H15NO6. The number of benzene rings is 1. The average Bonchev–Trinajstić information content (AvgIpc) is 2.45. The van der Waals surface area contributed by atoms with Crippen LogP contribution < -0.4 is 4.74 Å². The topological polar surface area (TPSA) is 95.7 Å². The van der Waals surface area contributed by atoms with Gasteiger partial charge < -0.3 is 9.47 Å². The minimum atomic E-state index is -0.789. The van der Waals surface area contributed by atoms with Crippen LogP contribution in [0.2, 0.25) is 0 Å². The van der Waals surface area contributed by atoms with Crippen molar-refractivity contribution in [3.8, 4) is 5.75 Å². The minimum Gasteiger partial charge on any atom is -0.476 e. The summed E-state index contributed by atoms with van der Waals surface area (Å²) in [5.41, 5.74) is -0.343. The maximum atomic E-state index is 11.4. The molecule has 0 amide bonds. The molecular weight excluding hydrogens is 266 g/mol. The summed E-state index contributed by atoms with van der Waals surface area (Å²) in [6, 6.07) is 3.69. The first-order valence-corrected chi connectivity index (χ1v) is 5.96. The lowest BCUT2D eigenvalue weighted by Crippen LogP contribution is -2.23. The highest BCUT2D eigenvalue weighted by Gasteiger charge is 2.22. The van der Waals surface area contributed by atoms with Gasteiger partial charge in [0.25, 0.3) is 0 Å². The number of Topliss-reactive ketones (excluding diaryl/α,β-unsaturated/α-hetero) is 1. The molecule has 20 heavy (non-hydrogen) atoms. The van der Waals surface area contributed by atoms with Crippen LogP contribution in [0.5, 0.6) is 5.75 Å². The normalized spacial score (nSPS) is 11.6. The summed E-state index contributed by atoms with van der Waals surface area (Å²) >= 11 is 0. The van der Waals surface area contributed by atoms with Crippen LogP contribution >= 0.6 is 0 Å². The third-order valence-corrected chi connectivity index (χ3v) is 2.68. The first-order chi connectivity index (χ1) is 9.40. The fourth-order valence-electron chi connectivity index (χ4n) is 1.55. The minimum absolute atomic E-state index is 0.0426. The van der Waals surface area contributed by atoms with Gasteiger partial charge in [-0.3, -0.25) is 14.9 Å². The van der Waals surface area contributed by atoms with Crippen LogP contribution in [0.1, 0.15) is 30.6 Å². The SMILES string of the molecule is CCC(=O)C(C)Oc1ccc(C(=O)OC)cc1[N+](=O)[O-]. The molecule has 0 aliphatic carbocycles. The number of ketones is 1. The third kappa shape index (κ3) is 3.53. The summed E-state index contributed by atoms with van der Waals surface area (Å²) in [5, 5.41) is 11.0. The highest BCUT2D eigenvalue weighted by molar-refractivity contribution is 5.90. The summed E-state index contributed by atoms with van der Waals surface area (Å²) < 4.78 is 9.78. The van der Waals surface area contributed by atoms with Gasteiger partial charge in [0.05, 0.1) is 17.6 Å². The highest BCUT2D eigenvalue weighted by Crippen LogP contribution is 2.29. The fourth-order valence-corrected chi connectivity index (χ4v) is 1.55. The van der Waals surface area contributed by atoms with Crippen LogP contribution in [0.4, 0.5) is 5.69 Å². The quantitative estimate of drug-likeness (QED) is 0.450. The molecule has 0 bridgehead atoms. The van der Waals surface area contributed by atoms with Gasteiger partial charge in [0.2, 0.25) is 0 Å². The summed E-state index contributed by atoms with van der Waals surface area (Å²) in [4.78, 5) is 33.1. The maximum Gasteiger partial charge on any atom is 0.338 e. The number of hydrogen-bond acceptors (Lipinski definition) is 6. The predicted octanol–water partition coefficient (Wildman–Crippen LogP) is 2.13. The molecule has 0 radical (unpaired) electrons. The fraction of sp³-hybridized carbons (Fsp3) is 0.385. The van der Waals surface area contributed by atoms with E-state index < -0.39 is 17.0 Å². The number of esters is 1. The Morgan fingerprint density at radius 3 is 2.55 bits per heavy atom. The Morgan fingerprint density at radius 2 is 2.05 bits per heavy atom. The molecule has 0 aliphatic heterocycles. The Bertz CT molecular complexity index is 540. The van der Waals surface area contributed by atoms with Crippen LogP contribution in [0, 0.1) is 10.1 Å². The molecule has 108 valence electrons. The molecule has 1 rings (SSSR count). The van der Waals surface area contributed by atoms with Crippen molar-refractivity contribution in [1.82, 2.24) is 0 Å². The summed E-state index contributed by atoms with van der Waals surface area (Å²) in [6.07, 6.45) is -0.516. The molecule has 1 unspecified atom stereocenters. The van der Waals surface area contributed by atoms with Gasteiger partial charge in [-0.15, -0.1) is 0 Å². The van der Waals surface area contributed by atoms with Crippen molar-refractivity contribution in [2.75, 3.05) is 7.11 Å². The second kappa shape index (κ2) is 6.65. The molecule has 0 heterocycles. The van der Waals surface area contributed by atoms with Gasteiger partial charge in [0.1, 0.15) is 0 Å². The first kappa shape index (κ1) is 15.6. The van der Waals surface area contributed by atoms with Crippen molar-refractivity contribution in [1.29, 1.82) is 0 Å². The number of nitrogens with zero attached hydrogens (tertiary/aromatic N) is 1. The van der Waals surface area contributed by atoms with Crippen LogP contribution in [0.15, 0.2) is 18.2 Å². The molecule has 0 saturated carbocycles. The number of ether oxygens (including phenoxy) is 2. The van der Waals surface area contributed by atoms with Crippen molar-refractivity contribution in [2.24, 2.45) is 0 Å². The Balaban J connectivity index is 3.11. The monoisotopic (exact) mass is 281 g/mol. The van der Waals surface area contributed by atoms with Gasteiger partial charge in [0, 0.05) is 12.5 Å². The zero-order valence-corrected chi connectivity index (χ0v) is 11.4. The van der Waals surface area contributed by atoms with E-state index in [-0.39, 0.29) is 29.2 Å². The van der Waals surface area contributed by atoms with Crippen molar-refractivity contribution in [3.05, 3.63) is 33.9 Å². The van der Waals surface area contributed by atoms with E-state index in [1.54, 1.807) is 6.92 Å². The molecule has 1 atom stereocenters. The van der Waals surface area contributed by atoms with E-state index in [4.69, 9.17) is 4.74 Å². The van der Waals surface area contributed by atoms with Crippen LogP contribution in [0.25, 0.3) is 0 Å². The average molecular weight is 281 g/mol. The summed E-state index contributed by atoms with van der Waals surface area (Å²) in [5.74, 6) is -0.911. The van der Waals surface area contributed by atoms with Crippen molar-refractivity contribution in [3.63, 3.8) is 0 Å². The van der Waals surface area contributed by atoms with Crippen LogP contribution in [-0.2, 0) is 9.53 Å². The smallest absolute Gasteiger partial charge is 0.338 e. The number of nitro benzene ring substituents is 1. The molecule has 0 saturated heterocycles. The van der Waals surface area contributed by atoms with Crippen LogP contribution in [0.3, 0.4) is 0 Å². The van der Waals surface area contributed by atoms with Gasteiger partial charge in [-0.25, -0.2) is 4.79 Å². The predicted molar refractivity (Wildman–Crippen MR) is 69.8 cm³/mol. The molecule has 0 aromatic heterocycles. The third-order valence-electron chi connectivity index (χ3n) is 2.68. The van der Waals surface area contributed by atoms with Gasteiger partial charge in [-0.05, 0) is 19.1 Å². The second-order valence-electron chi connectivity index (χ2n) is 4.01. The number of nitro groups is 1. The molecule has 7 nitrogen and oxygen atoms in total. The summed E-state index contributed by atoms with van der Waals surface area (Å²) in [7, 11) is 1.18. The highest BCUT2D eigenvalue weighted by atomic mass is 16.6. The zero-order valence-electron chi connectivity index (χ0n) is 11.4. The molecule has 0 fully saturated rings. The molecule has 1 aromatic rings. The molecule has 0 N–H and O–H groups in total. The van der Waals surface area contributed by atoms with Crippen LogP contribution in [-0.4, -0.2) is 29.9 Å². The number of carbonyl (C=O) groups is 2. The maximum absolute atomic E-state index is 11.4. The van der Waals surface area contributed by atoms with Gasteiger partial charge >= 0.3 is 11.7 Å². The van der Waals surface area contributed by atoms with Gasteiger partial charge in [-0.2, -0.15) is 0 Å². The second-order valence-corrected chi connectivity index (χ2v) is 4.01. The van der Waals surface area contributed by atoms with Gasteiger partial charge in [0.15, 0.2) is 17.6 Å². The Kier molecular flexibility index (Phi) is 5.19. The van der Waals surface area contributed by atoms with E-state index in [1.165, 1.54) is 26.2 Å². The Labute approximate surface area is 115 Å². The lowest BCUT2D eigenvalue weighted by atomic mass is 10.1. The first-order valence-electron chi connectivity index (χ1n) is 5.96. The molecule has 7 heteroatoms. The number of hydrogen-bond donors (Lipinski definition) is 0. The summed E-state index contributed by atoms with van der Waals surface area (Å²) in [6.45, 7) is 3.20. The Hall–Kier alpha value is -2.44. The number of rotatable bonds is 6. The standard InChI is InChI=1S/C13H15NO6/c1-4-11(15)8(2)20-12-6-5-9(13(16)19-3)7-10(12)14(17)18/h5-8H,4H2,1-3H3. The van der Waals surface area contributed by atoms with E-state index in [9.17, 15) is 19.7 Å². The lowest BCUT2D eigenvalue weighted by Gasteiger charge is -2.13. The molecule has 0 aliphatic rings. The number of methoxy groups -OCH3 is 1. The Morgan fingerprint density at radius 1 is 1.40 bits per heavy atom. The lowest BCUT2D eigenvalue weighted by molar-refractivity contribution is -0.386. The van der Waals surface area contributed by atoms with Gasteiger partial charge in [-0.1, -0.05) is 6.92 Å². The largest absolute Gasteiger partial charge is 0.476 e. The molecule has 0 spiro atoms.